The van der Waals surface area contributed by atoms with Gasteiger partial charge in [-0.05, 0) is 10.8 Å². The molecule has 1 amide bonds. The first-order valence-corrected chi connectivity index (χ1v) is 3.61. The molecule has 1 rings (SSSR count). The normalized spacial score (nSPS) is 28.0. The molecule has 0 heterocycles. The van der Waals surface area contributed by atoms with Crippen molar-refractivity contribution >= 4 is 5.91 Å². The minimum atomic E-state index is -0.157. The second-order valence-electron chi connectivity index (χ2n) is 4.28. The smallest absolute Gasteiger partial charge is 0.221 e. The average Bonchev–Trinajstić information content (AvgIpc) is 1.97. The van der Waals surface area contributed by atoms with Gasteiger partial charge in [0.15, 0.2) is 0 Å². The number of hydrogen-bond donors (Lipinski definition) is 1. The maximum absolute atomic E-state index is 10.8. The van der Waals surface area contributed by atoms with Crippen molar-refractivity contribution in [3.63, 3.8) is 0 Å². The van der Waals surface area contributed by atoms with E-state index in [2.05, 4.69) is 27.7 Å². The first kappa shape index (κ1) is 7.58. The topological polar surface area (TPSA) is 43.1 Å². The fourth-order valence-electron chi connectivity index (χ4n) is 1.91. The van der Waals surface area contributed by atoms with Gasteiger partial charge in [-0.3, -0.25) is 4.79 Å². The van der Waals surface area contributed by atoms with E-state index >= 15 is 0 Å². The molecule has 0 spiro atoms. The summed E-state index contributed by atoms with van der Waals surface area (Å²) in [6.07, 6.45) is 0. The van der Waals surface area contributed by atoms with Crippen LogP contribution in [-0.2, 0) is 4.79 Å². The van der Waals surface area contributed by atoms with Crippen LogP contribution in [0.15, 0.2) is 0 Å². The molecule has 58 valence electrons. The van der Waals surface area contributed by atoms with Crippen LogP contribution in [0.5, 0.6) is 0 Å². The van der Waals surface area contributed by atoms with Crippen LogP contribution in [0.4, 0.5) is 0 Å². The number of rotatable bonds is 1. The fraction of sp³-hybridized carbons (Fsp3) is 0.875. The van der Waals surface area contributed by atoms with Crippen LogP contribution in [0.2, 0.25) is 0 Å². The molecule has 0 aromatic rings. The summed E-state index contributed by atoms with van der Waals surface area (Å²) in [6.45, 7) is 8.34. The van der Waals surface area contributed by atoms with Gasteiger partial charge in [-0.1, -0.05) is 27.7 Å². The van der Waals surface area contributed by atoms with Gasteiger partial charge in [-0.15, -0.1) is 0 Å². The Bertz CT molecular complexity index is 168. The van der Waals surface area contributed by atoms with Crippen molar-refractivity contribution in [2.75, 3.05) is 0 Å². The highest BCUT2D eigenvalue weighted by atomic mass is 16.1. The molecule has 0 aromatic heterocycles. The van der Waals surface area contributed by atoms with Crippen LogP contribution >= 0.6 is 0 Å². The van der Waals surface area contributed by atoms with Crippen LogP contribution in [-0.4, -0.2) is 5.91 Å². The Morgan fingerprint density at radius 1 is 1.20 bits per heavy atom. The second kappa shape index (κ2) is 1.55. The third kappa shape index (κ3) is 0.619. The summed E-state index contributed by atoms with van der Waals surface area (Å²) in [6, 6.07) is 0. The van der Waals surface area contributed by atoms with Crippen LogP contribution < -0.4 is 5.73 Å². The van der Waals surface area contributed by atoms with Crippen LogP contribution in [0.3, 0.4) is 0 Å². The molecular formula is C8H15NO. The molecule has 0 atom stereocenters. The van der Waals surface area contributed by atoms with Crippen molar-refractivity contribution in [3.05, 3.63) is 0 Å². The van der Waals surface area contributed by atoms with Gasteiger partial charge in [0, 0.05) is 5.92 Å². The van der Waals surface area contributed by atoms with E-state index in [0.29, 0.717) is 0 Å². The zero-order valence-corrected chi connectivity index (χ0v) is 7.06. The van der Waals surface area contributed by atoms with Gasteiger partial charge in [0.2, 0.25) is 5.91 Å². The molecule has 1 saturated carbocycles. The van der Waals surface area contributed by atoms with Crippen molar-refractivity contribution in [1.29, 1.82) is 0 Å². The maximum atomic E-state index is 10.8. The summed E-state index contributed by atoms with van der Waals surface area (Å²) < 4.78 is 0. The van der Waals surface area contributed by atoms with Crippen molar-refractivity contribution in [1.82, 2.24) is 0 Å². The molecule has 0 bridgehead atoms. The van der Waals surface area contributed by atoms with Gasteiger partial charge >= 0.3 is 0 Å². The highest BCUT2D eigenvalue weighted by Gasteiger charge is 2.67. The first-order valence-electron chi connectivity index (χ1n) is 3.61. The predicted octanol–water partition coefficient (Wildman–Crippen LogP) is 1.15. The Balaban J connectivity index is 2.81. The number of hydrogen-bond acceptors (Lipinski definition) is 1. The van der Waals surface area contributed by atoms with E-state index in [4.69, 9.17) is 5.73 Å². The molecule has 10 heavy (non-hydrogen) atoms. The highest BCUT2D eigenvalue weighted by Crippen LogP contribution is 2.68. The molecule has 0 radical (unpaired) electrons. The summed E-state index contributed by atoms with van der Waals surface area (Å²) in [5, 5.41) is 0. The molecule has 2 N–H and O–H groups in total. The Kier molecular flexibility index (Phi) is 1.17. The SMILES string of the molecule is CC1(C)C(C(N)=O)C1(C)C. The summed E-state index contributed by atoms with van der Waals surface area (Å²) in [5.74, 6) is -0.0880. The third-order valence-electron chi connectivity index (χ3n) is 3.31. The Labute approximate surface area is 61.8 Å². The van der Waals surface area contributed by atoms with E-state index in [1.165, 1.54) is 0 Å². The van der Waals surface area contributed by atoms with Crippen molar-refractivity contribution in [2.45, 2.75) is 27.7 Å². The lowest BCUT2D eigenvalue weighted by atomic mass is 10.0. The first-order chi connectivity index (χ1) is 4.32. The summed E-state index contributed by atoms with van der Waals surface area (Å²) in [4.78, 5) is 10.8. The van der Waals surface area contributed by atoms with Gasteiger partial charge in [0.05, 0.1) is 0 Å². The van der Waals surface area contributed by atoms with Gasteiger partial charge in [-0.2, -0.15) is 0 Å². The molecule has 0 aliphatic heterocycles. The number of primary amides is 1. The summed E-state index contributed by atoms with van der Waals surface area (Å²) >= 11 is 0. The van der Waals surface area contributed by atoms with Crippen LogP contribution in [0, 0.1) is 16.7 Å². The minimum absolute atomic E-state index is 0.0694. The van der Waals surface area contributed by atoms with Gasteiger partial charge < -0.3 is 5.73 Å². The highest BCUT2D eigenvalue weighted by molar-refractivity contribution is 5.82. The molecule has 0 unspecified atom stereocenters. The molecular weight excluding hydrogens is 126 g/mol. The predicted molar refractivity (Wildman–Crippen MR) is 40.2 cm³/mol. The molecule has 1 aliphatic carbocycles. The maximum Gasteiger partial charge on any atom is 0.221 e. The van der Waals surface area contributed by atoms with Crippen molar-refractivity contribution < 1.29 is 4.79 Å². The number of amides is 1. The molecule has 2 nitrogen and oxygen atoms in total. The lowest BCUT2D eigenvalue weighted by Gasteiger charge is -2.03. The van der Waals surface area contributed by atoms with E-state index in [0.717, 1.165) is 0 Å². The third-order valence-corrected chi connectivity index (χ3v) is 3.31. The van der Waals surface area contributed by atoms with Crippen LogP contribution in [0.1, 0.15) is 27.7 Å². The largest absolute Gasteiger partial charge is 0.369 e. The Hall–Kier alpha value is -0.530. The lowest BCUT2D eigenvalue weighted by Crippen LogP contribution is -2.17. The summed E-state index contributed by atoms with van der Waals surface area (Å²) in [5.41, 5.74) is 5.43. The quantitative estimate of drug-likeness (QED) is 0.585. The van der Waals surface area contributed by atoms with E-state index < -0.39 is 0 Å². The average molecular weight is 141 g/mol. The minimum Gasteiger partial charge on any atom is -0.369 e. The molecule has 0 aromatic carbocycles. The zero-order chi connectivity index (χ0) is 8.15. The van der Waals surface area contributed by atoms with Gasteiger partial charge in [-0.25, -0.2) is 0 Å². The zero-order valence-electron chi connectivity index (χ0n) is 7.06. The van der Waals surface area contributed by atoms with E-state index in [9.17, 15) is 4.79 Å². The van der Waals surface area contributed by atoms with Crippen LogP contribution in [0.25, 0.3) is 0 Å². The van der Waals surface area contributed by atoms with Crippen molar-refractivity contribution in [2.24, 2.45) is 22.5 Å². The number of nitrogens with two attached hydrogens (primary N) is 1. The molecule has 1 aliphatic rings. The lowest BCUT2D eigenvalue weighted by molar-refractivity contribution is -0.120. The molecule has 1 fully saturated rings. The van der Waals surface area contributed by atoms with E-state index in [-0.39, 0.29) is 22.7 Å². The standard InChI is InChI=1S/C8H15NO/c1-7(2)5(6(9)10)8(7,3)4/h5H,1-4H3,(H2,9,10). The van der Waals surface area contributed by atoms with Gasteiger partial charge in [0.1, 0.15) is 0 Å². The van der Waals surface area contributed by atoms with E-state index in [1.807, 2.05) is 0 Å². The summed E-state index contributed by atoms with van der Waals surface area (Å²) in [7, 11) is 0. The van der Waals surface area contributed by atoms with Gasteiger partial charge in [0.25, 0.3) is 0 Å². The Morgan fingerprint density at radius 3 is 1.50 bits per heavy atom. The Morgan fingerprint density at radius 2 is 1.50 bits per heavy atom. The number of carbonyl (C=O) groups excluding carboxylic acids is 1. The van der Waals surface area contributed by atoms with Crippen molar-refractivity contribution in [3.8, 4) is 0 Å². The monoisotopic (exact) mass is 141 g/mol. The second-order valence-corrected chi connectivity index (χ2v) is 4.28. The number of carbonyl (C=O) groups is 1. The van der Waals surface area contributed by atoms with E-state index in [1.54, 1.807) is 0 Å². The fourth-order valence-corrected chi connectivity index (χ4v) is 1.91. The molecule has 0 saturated heterocycles. The molecule has 2 heteroatoms.